The van der Waals surface area contributed by atoms with Crippen LogP contribution in [0.1, 0.15) is 58.3 Å². The number of carbonyl (C=O) groups is 1. The Hall–Kier alpha value is -0.180. The highest BCUT2D eigenvalue weighted by molar-refractivity contribution is 7.80. The number of unbranched alkanes of at least 4 members (excludes halogenated alkanes) is 2. The van der Waals surface area contributed by atoms with Crippen molar-refractivity contribution < 1.29 is 4.79 Å². The maximum absolute atomic E-state index is 11.9. The molecular formula is C14H27NOS. The van der Waals surface area contributed by atoms with Gasteiger partial charge in [0.25, 0.3) is 0 Å². The van der Waals surface area contributed by atoms with E-state index in [1.54, 1.807) is 0 Å². The third kappa shape index (κ3) is 5.80. The minimum atomic E-state index is 0.384. The summed E-state index contributed by atoms with van der Waals surface area (Å²) < 4.78 is 0. The van der Waals surface area contributed by atoms with Crippen molar-refractivity contribution in [1.29, 1.82) is 0 Å². The van der Waals surface area contributed by atoms with Crippen LogP contribution in [-0.4, -0.2) is 29.6 Å². The predicted molar refractivity (Wildman–Crippen MR) is 76.5 cm³/mol. The first-order chi connectivity index (χ1) is 8.27. The molecule has 3 heteroatoms. The first-order valence-corrected chi connectivity index (χ1v) is 7.79. The molecule has 17 heavy (non-hydrogen) atoms. The normalized spacial score (nSPS) is 21.6. The van der Waals surface area contributed by atoms with Crippen LogP contribution in [0.4, 0.5) is 0 Å². The minimum absolute atomic E-state index is 0.384. The van der Waals surface area contributed by atoms with Crippen LogP contribution in [0.25, 0.3) is 0 Å². The van der Waals surface area contributed by atoms with Gasteiger partial charge in [0.1, 0.15) is 0 Å². The molecule has 1 heterocycles. The summed E-state index contributed by atoms with van der Waals surface area (Å²) in [6.07, 6.45) is 9.16. The lowest BCUT2D eigenvalue weighted by Crippen LogP contribution is -2.31. The van der Waals surface area contributed by atoms with Crippen LogP contribution in [0.2, 0.25) is 0 Å². The van der Waals surface area contributed by atoms with Crippen molar-refractivity contribution in [3.63, 3.8) is 0 Å². The number of thiol groups is 1. The molecule has 0 saturated carbocycles. The van der Waals surface area contributed by atoms with Gasteiger partial charge in [-0.3, -0.25) is 4.79 Å². The smallest absolute Gasteiger partial charge is 0.222 e. The third-order valence-electron chi connectivity index (χ3n) is 3.71. The van der Waals surface area contributed by atoms with Crippen molar-refractivity contribution in [2.45, 2.75) is 58.3 Å². The van der Waals surface area contributed by atoms with Gasteiger partial charge in [0.2, 0.25) is 5.91 Å². The number of carbonyl (C=O) groups excluding carboxylic acids is 1. The molecule has 0 aromatic rings. The highest BCUT2D eigenvalue weighted by Gasteiger charge is 2.21. The van der Waals surface area contributed by atoms with Crippen molar-refractivity contribution in [2.24, 2.45) is 5.92 Å². The molecule has 1 amide bonds. The number of hydrogen-bond donors (Lipinski definition) is 1. The summed E-state index contributed by atoms with van der Waals surface area (Å²) in [6.45, 7) is 4.19. The standard InChI is InChI=1S/C14H27NOS/c1-2-6-13-7-8-14(16)15(11-9-13)10-4-3-5-12-17/h13,17H,2-12H2,1H3. The number of hydrogen-bond acceptors (Lipinski definition) is 2. The average molecular weight is 257 g/mol. The molecule has 1 aliphatic heterocycles. The van der Waals surface area contributed by atoms with Crippen LogP contribution < -0.4 is 0 Å². The molecule has 0 radical (unpaired) electrons. The summed E-state index contributed by atoms with van der Waals surface area (Å²) >= 11 is 4.21. The highest BCUT2D eigenvalue weighted by Crippen LogP contribution is 2.22. The number of nitrogens with zero attached hydrogens (tertiary/aromatic N) is 1. The van der Waals surface area contributed by atoms with Gasteiger partial charge in [0.15, 0.2) is 0 Å². The molecule has 0 aromatic carbocycles. The van der Waals surface area contributed by atoms with Crippen molar-refractivity contribution >= 4 is 18.5 Å². The van der Waals surface area contributed by atoms with Gasteiger partial charge in [-0.1, -0.05) is 26.2 Å². The zero-order chi connectivity index (χ0) is 12.5. The minimum Gasteiger partial charge on any atom is -0.343 e. The molecule has 0 N–H and O–H groups in total. The van der Waals surface area contributed by atoms with Crippen molar-refractivity contribution in [3.05, 3.63) is 0 Å². The molecule has 0 spiro atoms. The third-order valence-corrected chi connectivity index (χ3v) is 4.03. The maximum Gasteiger partial charge on any atom is 0.222 e. The lowest BCUT2D eigenvalue weighted by atomic mass is 9.96. The molecule has 1 atom stereocenters. The molecule has 100 valence electrons. The molecule has 0 bridgehead atoms. The van der Waals surface area contributed by atoms with Gasteiger partial charge >= 0.3 is 0 Å². The van der Waals surface area contributed by atoms with E-state index >= 15 is 0 Å². The first kappa shape index (κ1) is 14.9. The summed E-state index contributed by atoms with van der Waals surface area (Å²) in [6, 6.07) is 0. The summed E-state index contributed by atoms with van der Waals surface area (Å²) in [4.78, 5) is 14.0. The number of amides is 1. The van der Waals surface area contributed by atoms with Crippen LogP contribution >= 0.6 is 12.6 Å². The van der Waals surface area contributed by atoms with E-state index in [1.807, 2.05) is 0 Å². The van der Waals surface area contributed by atoms with E-state index in [0.29, 0.717) is 5.91 Å². The fraction of sp³-hybridized carbons (Fsp3) is 0.929. The Labute approximate surface area is 112 Å². The molecule has 1 fully saturated rings. The second-order valence-electron chi connectivity index (χ2n) is 5.15. The van der Waals surface area contributed by atoms with Gasteiger partial charge in [0, 0.05) is 19.5 Å². The Bertz CT molecular complexity index is 220. The molecule has 1 saturated heterocycles. The van der Waals surface area contributed by atoms with Crippen molar-refractivity contribution in [3.8, 4) is 0 Å². The molecule has 1 rings (SSSR count). The molecule has 0 aromatic heterocycles. The zero-order valence-corrected chi connectivity index (χ0v) is 12.1. The monoisotopic (exact) mass is 257 g/mol. The van der Waals surface area contributed by atoms with E-state index in [-0.39, 0.29) is 0 Å². The van der Waals surface area contributed by atoms with Crippen LogP contribution in [0.15, 0.2) is 0 Å². The molecule has 0 aliphatic carbocycles. The van der Waals surface area contributed by atoms with Gasteiger partial charge in [-0.05, 0) is 37.4 Å². The first-order valence-electron chi connectivity index (χ1n) is 7.16. The van der Waals surface area contributed by atoms with Gasteiger partial charge in [-0.15, -0.1) is 0 Å². The quantitative estimate of drug-likeness (QED) is 0.546. The van der Waals surface area contributed by atoms with Crippen molar-refractivity contribution in [1.82, 2.24) is 4.90 Å². The van der Waals surface area contributed by atoms with E-state index in [0.717, 1.165) is 44.0 Å². The molecule has 2 nitrogen and oxygen atoms in total. The van der Waals surface area contributed by atoms with E-state index < -0.39 is 0 Å². The Morgan fingerprint density at radius 1 is 1.29 bits per heavy atom. The van der Waals surface area contributed by atoms with E-state index in [1.165, 1.54) is 32.1 Å². The fourth-order valence-corrected chi connectivity index (χ4v) is 2.84. The Kier molecular flexibility index (Phi) is 7.74. The van der Waals surface area contributed by atoms with E-state index in [4.69, 9.17) is 0 Å². The van der Waals surface area contributed by atoms with Crippen LogP contribution in [0, 0.1) is 5.92 Å². The number of likely N-dealkylation sites (tertiary alicyclic amines) is 1. The predicted octanol–water partition coefficient (Wildman–Crippen LogP) is 3.52. The topological polar surface area (TPSA) is 20.3 Å². The van der Waals surface area contributed by atoms with Crippen LogP contribution in [-0.2, 0) is 4.79 Å². The second kappa shape index (κ2) is 8.84. The SMILES string of the molecule is CCCC1CCC(=O)N(CCCCCS)CC1. The lowest BCUT2D eigenvalue weighted by molar-refractivity contribution is -0.130. The van der Waals surface area contributed by atoms with Crippen LogP contribution in [0.3, 0.4) is 0 Å². The Morgan fingerprint density at radius 3 is 2.82 bits per heavy atom. The fourth-order valence-electron chi connectivity index (χ4n) is 2.62. The zero-order valence-electron chi connectivity index (χ0n) is 11.2. The van der Waals surface area contributed by atoms with Crippen LogP contribution in [0.5, 0.6) is 0 Å². The Balaban J connectivity index is 2.27. The van der Waals surface area contributed by atoms with Gasteiger partial charge < -0.3 is 4.90 Å². The van der Waals surface area contributed by atoms with Crippen molar-refractivity contribution in [2.75, 3.05) is 18.8 Å². The number of rotatable bonds is 7. The largest absolute Gasteiger partial charge is 0.343 e. The van der Waals surface area contributed by atoms with Gasteiger partial charge in [-0.25, -0.2) is 0 Å². The average Bonchev–Trinajstić information content (AvgIpc) is 2.50. The molecular weight excluding hydrogens is 230 g/mol. The summed E-state index contributed by atoms with van der Waals surface area (Å²) in [7, 11) is 0. The summed E-state index contributed by atoms with van der Waals surface area (Å²) in [5, 5.41) is 0. The van der Waals surface area contributed by atoms with Gasteiger partial charge in [0.05, 0.1) is 0 Å². The van der Waals surface area contributed by atoms with Gasteiger partial charge in [-0.2, -0.15) is 12.6 Å². The van der Waals surface area contributed by atoms with E-state index in [2.05, 4.69) is 24.5 Å². The molecule has 1 aliphatic rings. The highest BCUT2D eigenvalue weighted by atomic mass is 32.1. The van der Waals surface area contributed by atoms with E-state index in [9.17, 15) is 4.79 Å². The maximum atomic E-state index is 11.9. The summed E-state index contributed by atoms with van der Waals surface area (Å²) in [5.74, 6) is 2.13. The second-order valence-corrected chi connectivity index (χ2v) is 5.59. The molecule has 1 unspecified atom stereocenters. The summed E-state index contributed by atoms with van der Waals surface area (Å²) in [5.41, 5.74) is 0. The Morgan fingerprint density at radius 2 is 2.12 bits per heavy atom. The lowest BCUT2D eigenvalue weighted by Gasteiger charge is -2.20.